The second-order valence-electron chi connectivity index (χ2n) is 9.21. The topological polar surface area (TPSA) is 23.8 Å². The van der Waals surface area contributed by atoms with Gasteiger partial charge in [0.25, 0.3) is 0 Å². The van der Waals surface area contributed by atoms with Crippen molar-refractivity contribution in [2.24, 2.45) is 17.8 Å². The molecule has 0 spiro atoms. The van der Waals surface area contributed by atoms with Crippen LogP contribution in [0.1, 0.15) is 107 Å². The summed E-state index contributed by atoms with van der Waals surface area (Å²) in [6.07, 6.45) is 16.9. The molecule has 2 saturated carbocycles. The first-order valence-corrected chi connectivity index (χ1v) is 11.5. The lowest BCUT2D eigenvalue weighted by Gasteiger charge is -2.38. The van der Waals surface area contributed by atoms with Crippen molar-refractivity contribution in [1.29, 1.82) is 5.26 Å². The molecule has 2 aliphatic rings. The van der Waals surface area contributed by atoms with Crippen molar-refractivity contribution >= 4 is 0 Å². The van der Waals surface area contributed by atoms with Crippen molar-refractivity contribution in [2.45, 2.75) is 96.3 Å². The molecular formula is C25H35F2N. The van der Waals surface area contributed by atoms with E-state index in [1.807, 2.05) is 0 Å². The van der Waals surface area contributed by atoms with Crippen LogP contribution in [0.4, 0.5) is 8.78 Å². The number of rotatable bonds is 7. The Morgan fingerprint density at radius 3 is 1.96 bits per heavy atom. The normalized spacial score (nSPS) is 28.1. The van der Waals surface area contributed by atoms with Crippen molar-refractivity contribution in [3.8, 4) is 6.07 Å². The molecule has 0 radical (unpaired) electrons. The van der Waals surface area contributed by atoms with Crippen LogP contribution in [0.3, 0.4) is 0 Å². The van der Waals surface area contributed by atoms with Gasteiger partial charge in [0.2, 0.25) is 0 Å². The monoisotopic (exact) mass is 387 g/mol. The maximum atomic E-state index is 13.9. The maximum Gasteiger partial charge on any atom is 0.144 e. The first-order valence-electron chi connectivity index (χ1n) is 11.5. The molecule has 0 bridgehead atoms. The number of halogens is 2. The molecule has 1 nitrogen and oxygen atoms in total. The predicted molar refractivity (Wildman–Crippen MR) is 110 cm³/mol. The highest BCUT2D eigenvalue weighted by atomic mass is 19.1. The molecule has 28 heavy (non-hydrogen) atoms. The van der Waals surface area contributed by atoms with Crippen LogP contribution in [-0.2, 0) is 0 Å². The van der Waals surface area contributed by atoms with E-state index < -0.39 is 17.2 Å². The van der Waals surface area contributed by atoms with E-state index >= 15 is 0 Å². The Labute approximate surface area is 169 Å². The summed E-state index contributed by atoms with van der Waals surface area (Å²) >= 11 is 0. The van der Waals surface area contributed by atoms with Crippen LogP contribution in [0.15, 0.2) is 12.1 Å². The SMILES string of the molecule is CCCCCCC1CCC(C2CCC(c3cc(F)c(C#N)c(F)c3)CC2)CC1. The Bertz CT molecular complexity index is 639. The molecule has 0 saturated heterocycles. The van der Waals surface area contributed by atoms with E-state index in [1.165, 1.54) is 82.8 Å². The summed E-state index contributed by atoms with van der Waals surface area (Å²) in [4.78, 5) is 0. The fourth-order valence-electron chi connectivity index (χ4n) is 5.67. The molecule has 2 aliphatic carbocycles. The standard InChI is InChI=1S/C25H35F2N/c1-2-3-4-5-6-18-7-9-19(10-8-18)20-11-13-21(14-12-20)22-15-24(26)23(17-28)25(27)16-22/h15-16,18-21H,2-14H2,1H3. The van der Waals surface area contributed by atoms with Crippen molar-refractivity contribution in [2.75, 3.05) is 0 Å². The van der Waals surface area contributed by atoms with E-state index in [2.05, 4.69) is 6.92 Å². The third-order valence-corrected chi connectivity index (χ3v) is 7.44. The first kappa shape index (κ1) is 21.3. The van der Waals surface area contributed by atoms with Gasteiger partial charge in [0, 0.05) is 0 Å². The average Bonchev–Trinajstić information content (AvgIpc) is 2.72. The lowest BCUT2D eigenvalue weighted by Crippen LogP contribution is -2.25. The van der Waals surface area contributed by atoms with E-state index in [0.717, 1.165) is 36.2 Å². The highest BCUT2D eigenvalue weighted by molar-refractivity contribution is 5.36. The lowest BCUT2D eigenvalue weighted by atomic mass is 9.68. The molecule has 0 unspecified atom stereocenters. The second kappa shape index (κ2) is 10.4. The molecule has 2 fully saturated rings. The maximum absolute atomic E-state index is 13.9. The van der Waals surface area contributed by atoms with Gasteiger partial charge in [-0.25, -0.2) is 8.78 Å². The van der Waals surface area contributed by atoms with Gasteiger partial charge in [-0.3, -0.25) is 0 Å². The third-order valence-electron chi connectivity index (χ3n) is 7.44. The van der Waals surface area contributed by atoms with E-state index in [4.69, 9.17) is 5.26 Å². The van der Waals surface area contributed by atoms with Gasteiger partial charge in [-0.15, -0.1) is 0 Å². The summed E-state index contributed by atoms with van der Waals surface area (Å²) in [5.41, 5.74) is 0.284. The molecule has 3 heteroatoms. The molecule has 0 N–H and O–H groups in total. The van der Waals surface area contributed by atoms with Gasteiger partial charge >= 0.3 is 0 Å². The van der Waals surface area contributed by atoms with Crippen molar-refractivity contribution in [3.05, 3.63) is 34.9 Å². The quantitative estimate of drug-likeness (QED) is 0.436. The molecule has 154 valence electrons. The van der Waals surface area contributed by atoms with E-state index in [-0.39, 0.29) is 5.92 Å². The van der Waals surface area contributed by atoms with Gasteiger partial charge < -0.3 is 0 Å². The predicted octanol–water partition coefficient (Wildman–Crippen LogP) is 7.89. The molecule has 3 rings (SSSR count). The van der Waals surface area contributed by atoms with Gasteiger partial charge in [0.05, 0.1) is 0 Å². The summed E-state index contributed by atoms with van der Waals surface area (Å²) in [6, 6.07) is 4.39. The molecule has 0 amide bonds. The van der Waals surface area contributed by atoms with Crippen molar-refractivity contribution in [1.82, 2.24) is 0 Å². The number of nitrogens with zero attached hydrogens (tertiary/aromatic N) is 1. The average molecular weight is 388 g/mol. The molecule has 0 heterocycles. The van der Waals surface area contributed by atoms with E-state index in [1.54, 1.807) is 6.07 Å². The number of benzene rings is 1. The first-order chi connectivity index (χ1) is 13.6. The van der Waals surface area contributed by atoms with Gasteiger partial charge in [-0.1, -0.05) is 51.9 Å². The number of unbranched alkanes of at least 4 members (excludes halogenated alkanes) is 3. The van der Waals surface area contributed by atoms with Crippen LogP contribution < -0.4 is 0 Å². The minimum absolute atomic E-state index is 0.239. The molecule has 1 aromatic rings. The Hall–Kier alpha value is -1.43. The molecule has 0 aromatic heterocycles. The minimum Gasteiger partial charge on any atom is -0.205 e. The van der Waals surface area contributed by atoms with E-state index in [0.29, 0.717) is 0 Å². The van der Waals surface area contributed by atoms with Crippen LogP contribution in [0.2, 0.25) is 0 Å². The second-order valence-corrected chi connectivity index (χ2v) is 9.21. The van der Waals surface area contributed by atoms with Gasteiger partial charge in [-0.2, -0.15) is 5.26 Å². The number of hydrogen-bond acceptors (Lipinski definition) is 1. The van der Waals surface area contributed by atoms with Crippen LogP contribution in [0, 0.1) is 40.7 Å². The third kappa shape index (κ3) is 5.34. The van der Waals surface area contributed by atoms with Crippen molar-refractivity contribution in [3.63, 3.8) is 0 Å². The lowest BCUT2D eigenvalue weighted by molar-refractivity contribution is 0.155. The summed E-state index contributed by atoms with van der Waals surface area (Å²) < 4.78 is 27.9. The smallest absolute Gasteiger partial charge is 0.144 e. The fourth-order valence-corrected chi connectivity index (χ4v) is 5.67. The zero-order valence-electron chi connectivity index (χ0n) is 17.4. The summed E-state index contributed by atoms with van der Waals surface area (Å²) in [5.74, 6) is 1.43. The van der Waals surface area contributed by atoms with Crippen molar-refractivity contribution < 1.29 is 8.78 Å². The number of hydrogen-bond donors (Lipinski definition) is 0. The molecule has 0 aliphatic heterocycles. The fraction of sp³-hybridized carbons (Fsp3) is 0.720. The Balaban J connectivity index is 1.44. The van der Waals surface area contributed by atoms with Gasteiger partial charge in [0.15, 0.2) is 0 Å². The molecule has 1 aromatic carbocycles. The van der Waals surface area contributed by atoms with Gasteiger partial charge in [-0.05, 0) is 79.9 Å². The van der Waals surface area contributed by atoms with Gasteiger partial charge in [0.1, 0.15) is 23.3 Å². The Kier molecular flexibility index (Phi) is 7.89. The Morgan fingerprint density at radius 2 is 1.43 bits per heavy atom. The zero-order chi connectivity index (χ0) is 19.9. The largest absolute Gasteiger partial charge is 0.205 e. The highest BCUT2D eigenvalue weighted by Crippen LogP contribution is 2.44. The van der Waals surface area contributed by atoms with Crippen LogP contribution in [0.25, 0.3) is 0 Å². The summed E-state index contributed by atoms with van der Waals surface area (Å²) in [7, 11) is 0. The summed E-state index contributed by atoms with van der Waals surface area (Å²) in [5, 5.41) is 8.84. The van der Waals surface area contributed by atoms with Crippen LogP contribution >= 0.6 is 0 Å². The zero-order valence-corrected chi connectivity index (χ0v) is 17.4. The molecular weight excluding hydrogens is 352 g/mol. The highest BCUT2D eigenvalue weighted by Gasteiger charge is 2.31. The molecule has 0 atom stereocenters. The van der Waals surface area contributed by atoms with E-state index in [9.17, 15) is 8.78 Å². The van der Waals surface area contributed by atoms with Crippen LogP contribution in [-0.4, -0.2) is 0 Å². The minimum atomic E-state index is -0.711. The summed E-state index contributed by atoms with van der Waals surface area (Å²) in [6.45, 7) is 2.27. The van der Waals surface area contributed by atoms with Crippen LogP contribution in [0.5, 0.6) is 0 Å². The number of nitriles is 1. The Morgan fingerprint density at radius 1 is 0.857 bits per heavy atom.